The van der Waals surface area contributed by atoms with E-state index < -0.39 is 5.97 Å². The largest absolute Gasteiger partial charge is 0.493 e. The highest BCUT2D eigenvalue weighted by Crippen LogP contribution is 2.32. The van der Waals surface area contributed by atoms with E-state index in [1.807, 2.05) is 31.2 Å². The van der Waals surface area contributed by atoms with Gasteiger partial charge in [-0.25, -0.2) is 4.79 Å². The average Bonchev–Trinajstić information content (AvgIpc) is 2.44. The first-order valence-corrected chi connectivity index (χ1v) is 6.75. The van der Waals surface area contributed by atoms with Gasteiger partial charge in [0, 0.05) is 10.6 Å². The van der Waals surface area contributed by atoms with Crippen molar-refractivity contribution in [1.82, 2.24) is 0 Å². The van der Waals surface area contributed by atoms with Crippen molar-refractivity contribution in [3.63, 3.8) is 0 Å². The molecule has 20 heavy (non-hydrogen) atoms. The van der Waals surface area contributed by atoms with Crippen LogP contribution in [0, 0.1) is 0 Å². The molecule has 0 bridgehead atoms. The topological polar surface area (TPSA) is 46.5 Å². The molecule has 0 saturated carbocycles. The van der Waals surface area contributed by atoms with Crippen LogP contribution in [0.5, 0.6) is 5.75 Å². The molecule has 0 saturated heterocycles. The lowest BCUT2D eigenvalue weighted by atomic mass is 10.0. The molecule has 0 unspecified atom stereocenters. The van der Waals surface area contributed by atoms with E-state index in [0.717, 1.165) is 23.3 Å². The second-order valence-electron chi connectivity index (χ2n) is 4.38. The number of aromatic carboxylic acids is 1. The van der Waals surface area contributed by atoms with E-state index in [2.05, 4.69) is 0 Å². The van der Waals surface area contributed by atoms with Crippen LogP contribution in [0.2, 0.25) is 5.02 Å². The highest BCUT2D eigenvalue weighted by Gasteiger charge is 2.11. The molecule has 0 spiro atoms. The van der Waals surface area contributed by atoms with Crippen molar-refractivity contribution in [3.05, 3.63) is 53.1 Å². The molecule has 0 aliphatic rings. The van der Waals surface area contributed by atoms with Crippen LogP contribution in [0.1, 0.15) is 23.7 Å². The van der Waals surface area contributed by atoms with E-state index in [9.17, 15) is 4.79 Å². The molecule has 2 aromatic rings. The first kappa shape index (κ1) is 14.4. The summed E-state index contributed by atoms with van der Waals surface area (Å²) in [5, 5.41) is 9.50. The number of carboxylic acids is 1. The first-order chi connectivity index (χ1) is 9.61. The van der Waals surface area contributed by atoms with Gasteiger partial charge in [-0.1, -0.05) is 36.7 Å². The van der Waals surface area contributed by atoms with E-state index >= 15 is 0 Å². The maximum atomic E-state index is 11.1. The summed E-state index contributed by atoms with van der Waals surface area (Å²) in [6.45, 7) is 2.65. The molecule has 2 rings (SSSR count). The number of carbonyl (C=O) groups is 1. The fourth-order valence-corrected chi connectivity index (χ4v) is 2.15. The Morgan fingerprint density at radius 1 is 1.25 bits per heavy atom. The Hall–Kier alpha value is -2.00. The van der Waals surface area contributed by atoms with Gasteiger partial charge in [0.05, 0.1) is 12.2 Å². The van der Waals surface area contributed by atoms with Gasteiger partial charge in [0.2, 0.25) is 0 Å². The molecule has 0 aliphatic heterocycles. The van der Waals surface area contributed by atoms with Gasteiger partial charge in [-0.2, -0.15) is 0 Å². The lowest BCUT2D eigenvalue weighted by Crippen LogP contribution is -1.99. The SMILES string of the molecule is CCCOc1ccccc1-c1cc(Cl)cc(C(=O)O)c1. The van der Waals surface area contributed by atoms with Gasteiger partial charge in [-0.05, 0) is 36.2 Å². The van der Waals surface area contributed by atoms with Crippen LogP contribution in [-0.4, -0.2) is 17.7 Å². The molecule has 1 N–H and O–H groups in total. The molecule has 0 atom stereocenters. The summed E-state index contributed by atoms with van der Waals surface area (Å²) in [6.07, 6.45) is 0.907. The summed E-state index contributed by atoms with van der Waals surface area (Å²) in [5.74, 6) is -0.270. The lowest BCUT2D eigenvalue weighted by molar-refractivity contribution is 0.0697. The number of ether oxygens (including phenoxy) is 1. The van der Waals surface area contributed by atoms with E-state index in [1.54, 1.807) is 12.1 Å². The van der Waals surface area contributed by atoms with Crippen molar-refractivity contribution in [2.24, 2.45) is 0 Å². The summed E-state index contributed by atoms with van der Waals surface area (Å²) < 4.78 is 5.69. The number of hydrogen-bond donors (Lipinski definition) is 1. The van der Waals surface area contributed by atoms with Crippen molar-refractivity contribution in [3.8, 4) is 16.9 Å². The molecule has 0 aliphatic carbocycles. The van der Waals surface area contributed by atoms with Gasteiger partial charge >= 0.3 is 5.97 Å². The quantitative estimate of drug-likeness (QED) is 0.882. The second-order valence-corrected chi connectivity index (χ2v) is 4.81. The fraction of sp³-hybridized carbons (Fsp3) is 0.188. The summed E-state index contributed by atoms with van der Waals surface area (Å²) >= 11 is 6.00. The molecule has 0 heterocycles. The minimum absolute atomic E-state index is 0.165. The summed E-state index contributed by atoms with van der Waals surface area (Å²) in [7, 11) is 0. The van der Waals surface area contributed by atoms with Crippen LogP contribution in [0.15, 0.2) is 42.5 Å². The molecular weight excluding hydrogens is 276 g/mol. The van der Waals surface area contributed by atoms with E-state index in [0.29, 0.717) is 11.6 Å². The van der Waals surface area contributed by atoms with Crippen molar-refractivity contribution >= 4 is 17.6 Å². The number of rotatable bonds is 5. The third-order valence-corrected chi connectivity index (χ3v) is 3.02. The Kier molecular flexibility index (Phi) is 4.64. The highest BCUT2D eigenvalue weighted by molar-refractivity contribution is 6.31. The Balaban J connectivity index is 2.48. The zero-order chi connectivity index (χ0) is 14.5. The van der Waals surface area contributed by atoms with Crippen LogP contribution >= 0.6 is 11.6 Å². The van der Waals surface area contributed by atoms with Gasteiger partial charge in [0.1, 0.15) is 5.75 Å². The van der Waals surface area contributed by atoms with Crippen molar-refractivity contribution in [2.75, 3.05) is 6.61 Å². The second kappa shape index (κ2) is 6.44. The van der Waals surface area contributed by atoms with Crippen molar-refractivity contribution < 1.29 is 14.6 Å². The molecule has 3 nitrogen and oxygen atoms in total. The van der Waals surface area contributed by atoms with E-state index in [1.165, 1.54) is 6.07 Å². The standard InChI is InChI=1S/C16H15ClO3/c1-2-7-20-15-6-4-3-5-14(15)11-8-12(16(18)19)10-13(17)9-11/h3-6,8-10H,2,7H2,1H3,(H,18,19). The average molecular weight is 291 g/mol. The number of carboxylic acid groups (broad SMARTS) is 1. The first-order valence-electron chi connectivity index (χ1n) is 6.38. The number of hydrogen-bond acceptors (Lipinski definition) is 2. The number of para-hydroxylation sites is 1. The monoisotopic (exact) mass is 290 g/mol. The molecule has 2 aromatic carbocycles. The van der Waals surface area contributed by atoms with Crippen LogP contribution in [-0.2, 0) is 0 Å². The van der Waals surface area contributed by atoms with E-state index in [-0.39, 0.29) is 5.56 Å². The third-order valence-electron chi connectivity index (χ3n) is 2.80. The zero-order valence-electron chi connectivity index (χ0n) is 11.1. The highest BCUT2D eigenvalue weighted by atomic mass is 35.5. The molecule has 0 amide bonds. The molecule has 0 aromatic heterocycles. The van der Waals surface area contributed by atoms with Crippen LogP contribution in [0.4, 0.5) is 0 Å². The molecule has 4 heteroatoms. The molecule has 0 radical (unpaired) electrons. The minimum atomic E-state index is -0.999. The van der Waals surface area contributed by atoms with Gasteiger partial charge in [0.15, 0.2) is 0 Å². The molecular formula is C16H15ClO3. The zero-order valence-corrected chi connectivity index (χ0v) is 11.9. The minimum Gasteiger partial charge on any atom is -0.493 e. The Labute approximate surface area is 122 Å². The van der Waals surface area contributed by atoms with Crippen LogP contribution < -0.4 is 4.74 Å². The van der Waals surface area contributed by atoms with Gasteiger partial charge in [-0.15, -0.1) is 0 Å². The molecule has 0 fully saturated rings. The smallest absolute Gasteiger partial charge is 0.335 e. The number of halogens is 1. The maximum Gasteiger partial charge on any atom is 0.335 e. The van der Waals surface area contributed by atoms with Crippen molar-refractivity contribution in [1.29, 1.82) is 0 Å². The summed E-state index contributed by atoms with van der Waals surface area (Å²) in [5.41, 5.74) is 1.74. The van der Waals surface area contributed by atoms with Crippen LogP contribution in [0.25, 0.3) is 11.1 Å². The predicted octanol–water partition coefficient (Wildman–Crippen LogP) is 4.49. The summed E-state index contributed by atoms with van der Waals surface area (Å²) in [4.78, 5) is 11.1. The number of benzene rings is 2. The van der Waals surface area contributed by atoms with Gasteiger partial charge < -0.3 is 9.84 Å². The Morgan fingerprint density at radius 3 is 2.70 bits per heavy atom. The molecule has 104 valence electrons. The van der Waals surface area contributed by atoms with Gasteiger partial charge in [-0.3, -0.25) is 0 Å². The van der Waals surface area contributed by atoms with Gasteiger partial charge in [0.25, 0.3) is 0 Å². The third kappa shape index (κ3) is 3.31. The van der Waals surface area contributed by atoms with Crippen molar-refractivity contribution in [2.45, 2.75) is 13.3 Å². The predicted molar refractivity (Wildman–Crippen MR) is 79.6 cm³/mol. The van der Waals surface area contributed by atoms with Crippen LogP contribution in [0.3, 0.4) is 0 Å². The van der Waals surface area contributed by atoms with E-state index in [4.69, 9.17) is 21.4 Å². The lowest BCUT2D eigenvalue weighted by Gasteiger charge is -2.11. The Morgan fingerprint density at radius 2 is 2.00 bits per heavy atom. The normalized spacial score (nSPS) is 10.3. The summed E-state index contributed by atoms with van der Waals surface area (Å²) in [6, 6.07) is 12.3. The Bertz CT molecular complexity index is 623. The fourth-order valence-electron chi connectivity index (χ4n) is 1.91. The maximum absolute atomic E-state index is 11.1.